The smallest absolute Gasteiger partial charge is 0.270 e. The van der Waals surface area contributed by atoms with Gasteiger partial charge in [-0.1, -0.05) is 30.3 Å². The Morgan fingerprint density at radius 1 is 1.37 bits per heavy atom. The maximum absolute atomic E-state index is 11.8. The van der Waals surface area contributed by atoms with Crippen LogP contribution in [0.15, 0.2) is 41.2 Å². The van der Waals surface area contributed by atoms with Crippen LogP contribution in [-0.2, 0) is 0 Å². The normalized spacial score (nSPS) is 12.1. The van der Waals surface area contributed by atoms with E-state index in [4.69, 9.17) is 5.11 Å². The number of aliphatic hydroxyl groups excluding tert-OH is 1. The number of amides is 1. The first-order chi connectivity index (χ1) is 9.31. The first-order valence-corrected chi connectivity index (χ1v) is 7.07. The lowest BCUT2D eigenvalue weighted by Crippen LogP contribution is -2.29. The van der Waals surface area contributed by atoms with Crippen molar-refractivity contribution in [3.8, 4) is 0 Å². The Balaban J connectivity index is 1.96. The van der Waals surface area contributed by atoms with Crippen molar-refractivity contribution in [1.82, 2.24) is 10.3 Å². The molecule has 1 amide bonds. The molecule has 0 radical (unpaired) electrons. The van der Waals surface area contributed by atoms with Gasteiger partial charge in [0, 0.05) is 24.4 Å². The first kappa shape index (κ1) is 13.7. The summed E-state index contributed by atoms with van der Waals surface area (Å²) in [4.78, 5) is 15.8. The van der Waals surface area contributed by atoms with Gasteiger partial charge in [-0.3, -0.25) is 4.79 Å². The van der Waals surface area contributed by atoms with Gasteiger partial charge in [-0.15, -0.1) is 11.3 Å². The average Bonchev–Trinajstić information content (AvgIpc) is 2.98. The van der Waals surface area contributed by atoms with E-state index in [2.05, 4.69) is 10.3 Å². The molecule has 0 saturated heterocycles. The molecule has 1 heterocycles. The Morgan fingerprint density at radius 2 is 2.16 bits per heavy atom. The van der Waals surface area contributed by atoms with Gasteiger partial charge >= 0.3 is 0 Å². The molecular formula is C14H16N2O2S. The third-order valence-corrected chi connectivity index (χ3v) is 3.51. The van der Waals surface area contributed by atoms with Crippen molar-refractivity contribution in [1.29, 1.82) is 0 Å². The van der Waals surface area contributed by atoms with Gasteiger partial charge in [0.05, 0.1) is 5.51 Å². The van der Waals surface area contributed by atoms with Gasteiger partial charge in [0.15, 0.2) is 0 Å². The van der Waals surface area contributed by atoms with Crippen LogP contribution in [0.3, 0.4) is 0 Å². The molecule has 0 spiro atoms. The van der Waals surface area contributed by atoms with Crippen LogP contribution in [0.5, 0.6) is 0 Å². The van der Waals surface area contributed by atoms with Crippen LogP contribution in [0.1, 0.15) is 28.4 Å². The zero-order valence-corrected chi connectivity index (χ0v) is 11.3. The van der Waals surface area contributed by atoms with E-state index in [1.807, 2.05) is 30.3 Å². The number of benzene rings is 1. The van der Waals surface area contributed by atoms with Crippen LogP contribution >= 0.6 is 11.3 Å². The summed E-state index contributed by atoms with van der Waals surface area (Å²) in [6.45, 7) is 0.604. The standard InChI is InChI=1S/C14H16N2O2S/c17-7-6-12(11-4-2-1-3-5-11)8-15-14(18)13-9-19-10-16-13/h1-5,9-10,12,17H,6-8H2,(H,15,18). The molecule has 0 aliphatic carbocycles. The van der Waals surface area contributed by atoms with E-state index in [1.165, 1.54) is 11.3 Å². The highest BCUT2D eigenvalue weighted by molar-refractivity contribution is 7.07. The lowest BCUT2D eigenvalue weighted by molar-refractivity contribution is 0.0945. The van der Waals surface area contributed by atoms with E-state index < -0.39 is 0 Å². The summed E-state index contributed by atoms with van der Waals surface area (Å²) < 4.78 is 0. The van der Waals surface area contributed by atoms with Crippen LogP contribution in [0, 0.1) is 0 Å². The van der Waals surface area contributed by atoms with Gasteiger partial charge in [-0.25, -0.2) is 4.98 Å². The van der Waals surface area contributed by atoms with Crippen molar-refractivity contribution in [2.24, 2.45) is 0 Å². The first-order valence-electron chi connectivity index (χ1n) is 6.13. The van der Waals surface area contributed by atoms with Crippen LogP contribution in [0.4, 0.5) is 0 Å². The number of hydrogen-bond acceptors (Lipinski definition) is 4. The van der Waals surface area contributed by atoms with Crippen molar-refractivity contribution in [2.45, 2.75) is 12.3 Å². The predicted octanol–water partition coefficient (Wildman–Crippen LogP) is 2.04. The highest BCUT2D eigenvalue weighted by Crippen LogP contribution is 2.18. The lowest BCUT2D eigenvalue weighted by atomic mass is 9.96. The summed E-state index contributed by atoms with van der Waals surface area (Å²) in [5.74, 6) is -0.0473. The molecule has 2 aromatic rings. The second-order valence-corrected chi connectivity index (χ2v) is 4.92. The summed E-state index contributed by atoms with van der Waals surface area (Å²) in [5, 5.41) is 13.7. The number of thiazole rings is 1. The largest absolute Gasteiger partial charge is 0.396 e. The Kier molecular flexibility index (Phi) is 5.06. The molecule has 100 valence electrons. The van der Waals surface area contributed by atoms with Gasteiger partial charge < -0.3 is 10.4 Å². The molecule has 1 aromatic carbocycles. The van der Waals surface area contributed by atoms with Crippen molar-refractivity contribution >= 4 is 17.2 Å². The van der Waals surface area contributed by atoms with Gasteiger partial charge in [0.25, 0.3) is 5.91 Å². The number of hydrogen-bond donors (Lipinski definition) is 2. The van der Waals surface area contributed by atoms with E-state index in [0.29, 0.717) is 18.7 Å². The quantitative estimate of drug-likeness (QED) is 0.848. The van der Waals surface area contributed by atoms with Crippen LogP contribution < -0.4 is 5.32 Å². The number of aromatic nitrogens is 1. The fraction of sp³-hybridized carbons (Fsp3) is 0.286. The summed E-state index contributed by atoms with van der Waals surface area (Å²) in [5.41, 5.74) is 3.20. The molecule has 2 rings (SSSR count). The van der Waals surface area contributed by atoms with Gasteiger partial charge in [-0.05, 0) is 12.0 Å². The Morgan fingerprint density at radius 3 is 2.79 bits per heavy atom. The summed E-state index contributed by atoms with van der Waals surface area (Å²) in [6.07, 6.45) is 0.626. The molecule has 0 bridgehead atoms. The fourth-order valence-corrected chi connectivity index (χ4v) is 2.43. The number of carbonyl (C=O) groups excluding carboxylic acids is 1. The molecule has 19 heavy (non-hydrogen) atoms. The number of rotatable bonds is 6. The van der Waals surface area contributed by atoms with E-state index in [0.717, 1.165) is 5.56 Å². The zero-order valence-electron chi connectivity index (χ0n) is 10.5. The third kappa shape index (κ3) is 3.87. The Labute approximate surface area is 116 Å². The van der Waals surface area contributed by atoms with E-state index in [-0.39, 0.29) is 18.4 Å². The van der Waals surface area contributed by atoms with Gasteiger partial charge in [0.2, 0.25) is 0 Å². The van der Waals surface area contributed by atoms with Crippen molar-refractivity contribution in [2.75, 3.05) is 13.2 Å². The summed E-state index contributed by atoms with van der Waals surface area (Å²) in [6, 6.07) is 9.89. The average molecular weight is 276 g/mol. The Bertz CT molecular complexity index is 499. The number of nitrogens with zero attached hydrogens (tertiary/aromatic N) is 1. The minimum atomic E-state index is -0.167. The lowest BCUT2D eigenvalue weighted by Gasteiger charge is -2.16. The monoisotopic (exact) mass is 276 g/mol. The molecule has 0 aliphatic heterocycles. The molecule has 0 aliphatic rings. The SMILES string of the molecule is O=C(NCC(CCO)c1ccccc1)c1cscn1. The predicted molar refractivity (Wildman–Crippen MR) is 75.3 cm³/mol. The van der Waals surface area contributed by atoms with Crippen molar-refractivity contribution in [3.05, 3.63) is 52.5 Å². The molecule has 0 fully saturated rings. The third-order valence-electron chi connectivity index (χ3n) is 2.92. The van der Waals surface area contributed by atoms with Crippen LogP contribution in [-0.4, -0.2) is 29.1 Å². The highest BCUT2D eigenvalue weighted by Gasteiger charge is 2.13. The molecule has 5 heteroatoms. The summed E-state index contributed by atoms with van der Waals surface area (Å²) >= 11 is 1.40. The molecule has 4 nitrogen and oxygen atoms in total. The Hall–Kier alpha value is -1.72. The molecule has 1 atom stereocenters. The van der Waals surface area contributed by atoms with Crippen LogP contribution in [0.25, 0.3) is 0 Å². The molecule has 1 aromatic heterocycles. The molecule has 2 N–H and O–H groups in total. The topological polar surface area (TPSA) is 62.2 Å². The number of carbonyl (C=O) groups is 1. The number of nitrogens with one attached hydrogen (secondary N) is 1. The van der Waals surface area contributed by atoms with E-state index in [1.54, 1.807) is 10.9 Å². The van der Waals surface area contributed by atoms with Gasteiger partial charge in [-0.2, -0.15) is 0 Å². The molecular weight excluding hydrogens is 260 g/mol. The maximum Gasteiger partial charge on any atom is 0.270 e. The minimum absolute atomic E-state index is 0.103. The molecule has 1 unspecified atom stereocenters. The minimum Gasteiger partial charge on any atom is -0.396 e. The molecule has 0 saturated carbocycles. The van der Waals surface area contributed by atoms with Crippen molar-refractivity contribution in [3.63, 3.8) is 0 Å². The second-order valence-electron chi connectivity index (χ2n) is 4.20. The van der Waals surface area contributed by atoms with E-state index >= 15 is 0 Å². The highest BCUT2D eigenvalue weighted by atomic mass is 32.1. The number of aliphatic hydroxyl groups is 1. The maximum atomic E-state index is 11.8. The summed E-state index contributed by atoms with van der Waals surface area (Å²) in [7, 11) is 0. The van der Waals surface area contributed by atoms with Gasteiger partial charge in [0.1, 0.15) is 5.69 Å². The van der Waals surface area contributed by atoms with Crippen LogP contribution in [0.2, 0.25) is 0 Å². The fourth-order valence-electron chi connectivity index (χ4n) is 1.90. The van der Waals surface area contributed by atoms with E-state index in [9.17, 15) is 4.79 Å². The zero-order chi connectivity index (χ0) is 13.5. The van der Waals surface area contributed by atoms with Crippen molar-refractivity contribution < 1.29 is 9.90 Å². The second kappa shape index (κ2) is 7.01.